The highest BCUT2D eigenvalue weighted by molar-refractivity contribution is 6.07. The first-order chi connectivity index (χ1) is 30.8. The highest BCUT2D eigenvalue weighted by Crippen LogP contribution is 2.72. The van der Waals surface area contributed by atoms with Crippen molar-refractivity contribution in [2.75, 3.05) is 13.6 Å². The number of benzene rings is 3. The van der Waals surface area contributed by atoms with Gasteiger partial charge in [-0.3, -0.25) is 0 Å². The molecule has 0 aromatic heterocycles. The largest absolute Gasteiger partial charge is 0.508 e. The first-order valence-electron chi connectivity index (χ1n) is 24.3. The number of carbonyl (C=O) groups excluding carboxylic acids is 2. The van der Waals surface area contributed by atoms with Gasteiger partial charge in [-0.2, -0.15) is 0 Å². The lowest BCUT2D eigenvalue weighted by Gasteiger charge is -2.56. The Kier molecular flexibility index (Phi) is 12.1. The van der Waals surface area contributed by atoms with Crippen LogP contribution in [0, 0.1) is 35.0 Å². The zero-order valence-corrected chi connectivity index (χ0v) is 37.2. The number of cyclic esters (lactones) is 2. The molecule has 7 atom stereocenters. The molecule has 3 heterocycles. The second kappa shape index (κ2) is 18.0. The Morgan fingerprint density at radius 2 is 1.73 bits per heavy atom. The van der Waals surface area contributed by atoms with Crippen molar-refractivity contribution in [3.05, 3.63) is 130 Å². The van der Waals surface area contributed by atoms with E-state index in [1.54, 1.807) is 6.07 Å². The number of fused-ring (bicyclic) bond motifs is 1. The molecule has 8 nitrogen and oxygen atoms in total. The van der Waals surface area contributed by atoms with E-state index < -0.39 is 5.41 Å². The molecule has 8 aliphatic rings. The number of nitrogens with one attached hydrogen (secondary N) is 3. The van der Waals surface area contributed by atoms with Gasteiger partial charge in [-0.1, -0.05) is 80.8 Å². The summed E-state index contributed by atoms with van der Waals surface area (Å²) in [5, 5.41) is 22.0. The highest BCUT2D eigenvalue weighted by Gasteiger charge is 2.68. The van der Waals surface area contributed by atoms with Crippen LogP contribution in [-0.4, -0.2) is 42.8 Å². The van der Waals surface area contributed by atoms with Gasteiger partial charge in [-0.25, -0.2) is 9.59 Å². The van der Waals surface area contributed by atoms with E-state index in [1.165, 1.54) is 43.2 Å². The average molecular weight is 848 g/mol. The summed E-state index contributed by atoms with van der Waals surface area (Å²) in [5.74, 6) is 1.67. The number of allylic oxidation sites excluding steroid dienone is 5. The van der Waals surface area contributed by atoms with Crippen LogP contribution in [-0.2, 0) is 32.0 Å². The molecule has 3 aromatic rings. The number of aromatic hydroxyl groups is 1. The van der Waals surface area contributed by atoms with Crippen LogP contribution >= 0.6 is 0 Å². The monoisotopic (exact) mass is 847 g/mol. The average Bonchev–Trinajstić information content (AvgIpc) is 3.80. The smallest absolute Gasteiger partial charge is 0.340 e. The maximum atomic E-state index is 14.9. The lowest BCUT2D eigenvalue weighted by molar-refractivity contribution is -0.135. The number of hydrogen-bond donors (Lipinski definition) is 4. The molecule has 4 fully saturated rings. The van der Waals surface area contributed by atoms with Crippen molar-refractivity contribution in [1.29, 1.82) is 0 Å². The predicted molar refractivity (Wildman–Crippen MR) is 248 cm³/mol. The van der Waals surface area contributed by atoms with Crippen LogP contribution in [0.15, 0.2) is 113 Å². The summed E-state index contributed by atoms with van der Waals surface area (Å²) in [4.78, 5) is 29.4. The van der Waals surface area contributed by atoms with Gasteiger partial charge in [0.2, 0.25) is 0 Å². The van der Waals surface area contributed by atoms with Gasteiger partial charge in [0.1, 0.15) is 17.3 Å². The first-order valence-corrected chi connectivity index (χ1v) is 24.3. The molecule has 5 aliphatic carbocycles. The molecular weight excluding hydrogens is 783 g/mol. The summed E-state index contributed by atoms with van der Waals surface area (Å²) in [6.45, 7) is 4.02. The normalized spacial score (nSPS) is 29.8. The third-order valence-corrected chi connectivity index (χ3v) is 16.1. The Morgan fingerprint density at radius 1 is 0.889 bits per heavy atom. The number of rotatable bonds is 13. The lowest BCUT2D eigenvalue weighted by Crippen LogP contribution is -2.52. The van der Waals surface area contributed by atoms with Gasteiger partial charge < -0.3 is 30.5 Å². The van der Waals surface area contributed by atoms with Gasteiger partial charge in [0.25, 0.3) is 0 Å². The number of esters is 2. The van der Waals surface area contributed by atoms with Gasteiger partial charge in [0.05, 0.1) is 17.2 Å². The zero-order valence-electron chi connectivity index (χ0n) is 37.2. The molecule has 2 saturated heterocycles. The minimum atomic E-state index is -0.822. The van der Waals surface area contributed by atoms with Crippen LogP contribution in [0.5, 0.6) is 5.75 Å². The summed E-state index contributed by atoms with van der Waals surface area (Å²) in [7, 11) is 2.01. The summed E-state index contributed by atoms with van der Waals surface area (Å²) in [6, 6.07) is 25.5. The molecule has 0 radical (unpaired) electrons. The number of carbonyl (C=O) groups is 2. The van der Waals surface area contributed by atoms with Gasteiger partial charge in [0.15, 0.2) is 0 Å². The van der Waals surface area contributed by atoms with E-state index >= 15 is 0 Å². The lowest BCUT2D eigenvalue weighted by atomic mass is 9.44. The van der Waals surface area contributed by atoms with Crippen LogP contribution in [0.1, 0.15) is 114 Å². The van der Waals surface area contributed by atoms with E-state index in [2.05, 4.69) is 83.6 Å². The predicted octanol–water partition coefficient (Wildman–Crippen LogP) is 10.4. The molecule has 2 saturated carbocycles. The maximum absolute atomic E-state index is 14.9. The topological polar surface area (TPSA) is 109 Å². The third kappa shape index (κ3) is 7.95. The van der Waals surface area contributed by atoms with Crippen molar-refractivity contribution in [3.63, 3.8) is 0 Å². The fourth-order valence-electron chi connectivity index (χ4n) is 13.0. The minimum absolute atomic E-state index is 0.0108. The fraction of sp³-hybridized carbons (Fsp3) is 0.491. The SMILES string of the molecule is CC[C@H](C=C1OC(=O)C2=C(c3cc(O)ccc3-c3cccc(CNC4CCCCC4)c3)[C@@H]3CC[C@]12[C@H]1C2=C(CC[C@H]31)C(=CCC[C@H]1CCN[C@@H](NC)C1)OC2=O)Cc1ccccc1. The maximum Gasteiger partial charge on any atom is 0.340 e. The van der Waals surface area contributed by atoms with Crippen molar-refractivity contribution in [3.8, 4) is 16.9 Å². The van der Waals surface area contributed by atoms with Gasteiger partial charge in [-0.05, 0) is 178 Å². The summed E-state index contributed by atoms with van der Waals surface area (Å²) in [6.07, 6.45) is 20.2. The van der Waals surface area contributed by atoms with Crippen LogP contribution in [0.2, 0.25) is 0 Å². The van der Waals surface area contributed by atoms with E-state index in [9.17, 15) is 14.7 Å². The molecule has 330 valence electrons. The molecule has 8 heteroatoms. The van der Waals surface area contributed by atoms with E-state index in [0.29, 0.717) is 29.5 Å². The van der Waals surface area contributed by atoms with E-state index in [-0.39, 0.29) is 41.4 Å². The molecule has 63 heavy (non-hydrogen) atoms. The van der Waals surface area contributed by atoms with Crippen LogP contribution in [0.4, 0.5) is 0 Å². The Morgan fingerprint density at radius 3 is 2.56 bits per heavy atom. The van der Waals surface area contributed by atoms with Gasteiger partial charge >= 0.3 is 11.9 Å². The van der Waals surface area contributed by atoms with E-state index in [4.69, 9.17) is 9.47 Å². The van der Waals surface area contributed by atoms with Crippen molar-refractivity contribution in [1.82, 2.24) is 16.0 Å². The number of phenols is 1. The van der Waals surface area contributed by atoms with Crippen molar-refractivity contribution in [2.24, 2.45) is 35.0 Å². The molecule has 0 amide bonds. The van der Waals surface area contributed by atoms with Gasteiger partial charge in [-0.15, -0.1) is 0 Å². The van der Waals surface area contributed by atoms with Crippen molar-refractivity contribution >= 4 is 17.5 Å². The van der Waals surface area contributed by atoms with Crippen LogP contribution in [0.25, 0.3) is 16.7 Å². The standard InChI is InChI=1S/C55H65N3O5/c1-3-34(28-35-12-6-4-7-13-35)30-47-55-26-24-42(43-22-23-44-46(62-53(60)50(44)51(43)55)19-11-14-36-25-27-57-48(31-36)56-2)49(52(55)54(61)63-47)45-32-40(59)20-21-41(45)38-16-10-15-37(29-38)33-58-39-17-8-5-9-18-39/h4,6-7,10,12-13,15-16,19-21,29-30,32,34,36,39,42-43,48,51,56-59H,3,5,8-9,11,14,17-18,22-28,31,33H2,1-2H3/t34-,36-,42+,43+,48+,51+,55+/m0/s1. The number of phenolic OH excluding ortho intramolecular Hbond substituents is 1. The molecule has 3 aromatic carbocycles. The van der Waals surface area contributed by atoms with Crippen molar-refractivity contribution in [2.45, 2.75) is 122 Å². The number of ether oxygens (including phenoxy) is 2. The molecule has 3 aliphatic heterocycles. The molecular formula is C55H65N3O5. The van der Waals surface area contributed by atoms with E-state index in [1.807, 2.05) is 25.2 Å². The van der Waals surface area contributed by atoms with Crippen molar-refractivity contribution < 1.29 is 24.2 Å². The Hall–Kier alpha value is -4.76. The fourth-order valence-corrected chi connectivity index (χ4v) is 13.0. The second-order valence-corrected chi connectivity index (χ2v) is 19.6. The quantitative estimate of drug-likeness (QED) is 0.126. The molecule has 4 N–H and O–H groups in total. The molecule has 11 rings (SSSR count). The Labute approximate surface area is 373 Å². The Bertz CT molecular complexity index is 2360. The zero-order chi connectivity index (χ0) is 43.1. The molecule has 2 bridgehead atoms. The van der Waals surface area contributed by atoms with Crippen LogP contribution in [0.3, 0.4) is 0 Å². The van der Waals surface area contributed by atoms with Gasteiger partial charge in [0, 0.05) is 29.7 Å². The van der Waals surface area contributed by atoms with E-state index in [0.717, 1.165) is 116 Å². The minimum Gasteiger partial charge on any atom is -0.508 e. The molecule has 1 spiro atoms. The first kappa shape index (κ1) is 42.2. The summed E-state index contributed by atoms with van der Waals surface area (Å²) >= 11 is 0. The Balaban J connectivity index is 1.07. The number of hydrogen-bond acceptors (Lipinski definition) is 8. The summed E-state index contributed by atoms with van der Waals surface area (Å²) < 4.78 is 12.9. The third-order valence-electron chi connectivity index (χ3n) is 16.1. The van der Waals surface area contributed by atoms with Crippen LogP contribution < -0.4 is 16.0 Å². The molecule has 0 unspecified atom stereocenters. The number of piperidine rings is 1. The highest BCUT2D eigenvalue weighted by atomic mass is 16.5. The summed E-state index contributed by atoms with van der Waals surface area (Å²) in [5.41, 5.74) is 8.10. The second-order valence-electron chi connectivity index (χ2n) is 19.6.